The first-order chi connectivity index (χ1) is 6.09. The van der Waals surface area contributed by atoms with E-state index in [1.54, 1.807) is 19.1 Å². The van der Waals surface area contributed by atoms with E-state index in [1.807, 2.05) is 0 Å². The summed E-state index contributed by atoms with van der Waals surface area (Å²) in [5.41, 5.74) is 0.245. The second kappa shape index (κ2) is 3.76. The molecule has 0 aliphatic carbocycles. The van der Waals surface area contributed by atoms with Gasteiger partial charge in [0.15, 0.2) is 0 Å². The molecular weight excluding hydrogens is 168 g/mol. The zero-order valence-electron chi connectivity index (χ0n) is 7.28. The lowest BCUT2D eigenvalue weighted by molar-refractivity contribution is 0.0697. The van der Waals surface area contributed by atoms with Crippen molar-refractivity contribution in [1.82, 2.24) is 0 Å². The van der Waals surface area contributed by atoms with Gasteiger partial charge in [-0.15, -0.1) is 0 Å². The van der Waals surface area contributed by atoms with Crippen LogP contribution in [0.4, 0.5) is 0 Å². The third kappa shape index (κ3) is 2.63. The second-order valence-corrected chi connectivity index (χ2v) is 2.63. The lowest BCUT2D eigenvalue weighted by atomic mass is 10.2. The maximum absolute atomic E-state index is 10.5. The Balaban J connectivity index is 2.81. The number of rotatable bonds is 3. The highest BCUT2D eigenvalue weighted by Crippen LogP contribution is 2.14. The van der Waals surface area contributed by atoms with Crippen LogP contribution in [0.2, 0.25) is 0 Å². The normalized spacial score (nSPS) is 9.31. The predicted molar refractivity (Wildman–Crippen MR) is 48.8 cm³/mol. The van der Waals surface area contributed by atoms with Crippen molar-refractivity contribution in [2.75, 3.05) is 0 Å². The molecule has 13 heavy (non-hydrogen) atoms. The van der Waals surface area contributed by atoms with Crippen LogP contribution in [0, 0.1) is 0 Å². The van der Waals surface area contributed by atoms with Gasteiger partial charge in [0, 0.05) is 0 Å². The summed E-state index contributed by atoms with van der Waals surface area (Å²) in [4.78, 5) is 10.5. The molecule has 68 valence electrons. The number of carboxylic acid groups (broad SMARTS) is 1. The molecule has 0 spiro atoms. The van der Waals surface area contributed by atoms with E-state index in [0.29, 0.717) is 11.5 Å². The van der Waals surface area contributed by atoms with E-state index in [-0.39, 0.29) is 5.56 Å². The van der Waals surface area contributed by atoms with E-state index < -0.39 is 5.97 Å². The molecule has 0 amide bonds. The van der Waals surface area contributed by atoms with Gasteiger partial charge in [-0.05, 0) is 31.2 Å². The molecule has 1 aromatic carbocycles. The monoisotopic (exact) mass is 178 g/mol. The fraction of sp³-hybridized carbons (Fsp3) is 0.100. The molecule has 0 heterocycles. The van der Waals surface area contributed by atoms with E-state index in [1.165, 1.54) is 12.1 Å². The van der Waals surface area contributed by atoms with Gasteiger partial charge >= 0.3 is 5.97 Å². The molecule has 1 aromatic rings. The lowest BCUT2D eigenvalue weighted by Crippen LogP contribution is -1.95. The molecule has 0 atom stereocenters. The molecule has 3 nitrogen and oxygen atoms in total. The first kappa shape index (κ1) is 9.32. The Morgan fingerprint density at radius 1 is 1.38 bits per heavy atom. The summed E-state index contributed by atoms with van der Waals surface area (Å²) < 4.78 is 5.16. The van der Waals surface area contributed by atoms with Crippen molar-refractivity contribution in [2.24, 2.45) is 0 Å². The van der Waals surface area contributed by atoms with Gasteiger partial charge in [0.1, 0.15) is 5.75 Å². The van der Waals surface area contributed by atoms with Gasteiger partial charge < -0.3 is 9.84 Å². The van der Waals surface area contributed by atoms with Crippen LogP contribution in [-0.4, -0.2) is 11.1 Å². The zero-order valence-corrected chi connectivity index (χ0v) is 7.28. The van der Waals surface area contributed by atoms with Gasteiger partial charge in [-0.1, -0.05) is 6.58 Å². The fourth-order valence-electron chi connectivity index (χ4n) is 0.867. The van der Waals surface area contributed by atoms with Crippen molar-refractivity contribution in [3.63, 3.8) is 0 Å². The molecule has 0 aromatic heterocycles. The number of carbonyl (C=O) groups is 1. The summed E-state index contributed by atoms with van der Waals surface area (Å²) in [7, 11) is 0. The molecule has 1 rings (SSSR count). The number of hydrogen-bond acceptors (Lipinski definition) is 2. The van der Waals surface area contributed by atoms with Crippen LogP contribution in [0.1, 0.15) is 17.3 Å². The quantitative estimate of drug-likeness (QED) is 0.722. The summed E-state index contributed by atoms with van der Waals surface area (Å²) in [5, 5.41) is 8.60. The smallest absolute Gasteiger partial charge is 0.335 e. The number of carboxylic acids is 1. The second-order valence-electron chi connectivity index (χ2n) is 2.63. The molecule has 0 saturated carbocycles. The van der Waals surface area contributed by atoms with Crippen molar-refractivity contribution >= 4 is 5.97 Å². The molecule has 0 fully saturated rings. The summed E-state index contributed by atoms with van der Waals surface area (Å²) in [6, 6.07) is 6.16. The van der Waals surface area contributed by atoms with Crippen molar-refractivity contribution < 1.29 is 14.6 Å². The Kier molecular flexibility index (Phi) is 2.69. The molecule has 0 radical (unpaired) electrons. The van der Waals surface area contributed by atoms with Gasteiger partial charge in [-0.25, -0.2) is 4.79 Å². The third-order valence-corrected chi connectivity index (χ3v) is 1.39. The lowest BCUT2D eigenvalue weighted by Gasteiger charge is -2.03. The van der Waals surface area contributed by atoms with Gasteiger partial charge in [0.2, 0.25) is 0 Å². The highest BCUT2D eigenvalue weighted by molar-refractivity contribution is 5.87. The number of allylic oxidation sites excluding steroid dienone is 1. The van der Waals surface area contributed by atoms with Crippen LogP contribution in [0.3, 0.4) is 0 Å². The Bertz CT molecular complexity index is 325. The van der Waals surface area contributed by atoms with E-state index in [4.69, 9.17) is 9.84 Å². The average molecular weight is 178 g/mol. The highest BCUT2D eigenvalue weighted by Gasteiger charge is 2.01. The standard InChI is InChI=1S/C10H10O3/c1-7(2)13-9-5-3-8(4-6-9)10(11)12/h3-6H,1H2,2H3,(H,11,12). The SMILES string of the molecule is C=C(C)Oc1ccc(C(=O)O)cc1. The van der Waals surface area contributed by atoms with Crippen LogP contribution in [0.25, 0.3) is 0 Å². The van der Waals surface area contributed by atoms with Gasteiger partial charge in [-0.3, -0.25) is 0 Å². The minimum atomic E-state index is -0.943. The predicted octanol–water partition coefficient (Wildman–Crippen LogP) is 2.30. The minimum absolute atomic E-state index is 0.245. The van der Waals surface area contributed by atoms with Crippen molar-refractivity contribution in [3.8, 4) is 5.75 Å². The number of aromatic carboxylic acids is 1. The molecule has 0 saturated heterocycles. The van der Waals surface area contributed by atoms with Crippen LogP contribution >= 0.6 is 0 Å². The Hall–Kier alpha value is -1.77. The molecule has 0 aliphatic heterocycles. The van der Waals surface area contributed by atoms with Crippen molar-refractivity contribution in [2.45, 2.75) is 6.92 Å². The maximum Gasteiger partial charge on any atom is 0.335 e. The summed E-state index contributed by atoms with van der Waals surface area (Å²) >= 11 is 0. The average Bonchev–Trinajstić information content (AvgIpc) is 2.04. The molecular formula is C10H10O3. The van der Waals surface area contributed by atoms with Crippen molar-refractivity contribution in [1.29, 1.82) is 0 Å². The van der Waals surface area contributed by atoms with Crippen LogP contribution in [0.5, 0.6) is 5.75 Å². The van der Waals surface area contributed by atoms with E-state index >= 15 is 0 Å². The highest BCUT2D eigenvalue weighted by atomic mass is 16.5. The zero-order chi connectivity index (χ0) is 9.84. The topological polar surface area (TPSA) is 46.5 Å². The first-order valence-corrected chi connectivity index (χ1v) is 3.76. The summed E-state index contributed by atoms with van der Waals surface area (Å²) in [6.45, 7) is 5.30. The Morgan fingerprint density at radius 2 is 1.92 bits per heavy atom. The molecule has 1 N–H and O–H groups in total. The Labute approximate surface area is 76.3 Å². The fourth-order valence-corrected chi connectivity index (χ4v) is 0.867. The number of hydrogen-bond donors (Lipinski definition) is 1. The van der Waals surface area contributed by atoms with E-state index in [2.05, 4.69) is 6.58 Å². The molecule has 0 bridgehead atoms. The van der Waals surface area contributed by atoms with Crippen LogP contribution in [-0.2, 0) is 0 Å². The largest absolute Gasteiger partial charge is 0.478 e. The molecule has 0 unspecified atom stereocenters. The van der Waals surface area contributed by atoms with Gasteiger partial charge in [-0.2, -0.15) is 0 Å². The number of benzene rings is 1. The minimum Gasteiger partial charge on any atom is -0.478 e. The summed E-state index contributed by atoms with van der Waals surface area (Å²) in [5.74, 6) is 0.224. The third-order valence-electron chi connectivity index (χ3n) is 1.39. The molecule has 3 heteroatoms. The van der Waals surface area contributed by atoms with E-state index in [0.717, 1.165) is 0 Å². The van der Waals surface area contributed by atoms with E-state index in [9.17, 15) is 4.79 Å². The van der Waals surface area contributed by atoms with Gasteiger partial charge in [0.25, 0.3) is 0 Å². The number of ether oxygens (including phenoxy) is 1. The summed E-state index contributed by atoms with van der Waals surface area (Å²) in [6.07, 6.45) is 0. The van der Waals surface area contributed by atoms with Crippen molar-refractivity contribution in [3.05, 3.63) is 42.2 Å². The molecule has 0 aliphatic rings. The maximum atomic E-state index is 10.5. The van der Waals surface area contributed by atoms with Gasteiger partial charge in [0.05, 0.1) is 11.3 Å². The first-order valence-electron chi connectivity index (χ1n) is 3.76. The van der Waals surface area contributed by atoms with Crippen LogP contribution in [0.15, 0.2) is 36.6 Å². The van der Waals surface area contributed by atoms with Crippen LogP contribution < -0.4 is 4.74 Å². The Morgan fingerprint density at radius 3 is 2.31 bits per heavy atom.